The molecule has 0 radical (unpaired) electrons. The van der Waals surface area contributed by atoms with E-state index >= 15 is 4.39 Å². The van der Waals surface area contributed by atoms with Gasteiger partial charge in [-0.2, -0.15) is 12.7 Å². The lowest BCUT2D eigenvalue weighted by atomic mass is 9.96. The van der Waals surface area contributed by atoms with Gasteiger partial charge in [-0.05, 0) is 101 Å². The van der Waals surface area contributed by atoms with Gasteiger partial charge in [-0.1, -0.05) is 12.1 Å². The minimum atomic E-state index is -4.08. The number of rotatable bonds is 11. The van der Waals surface area contributed by atoms with E-state index in [0.717, 1.165) is 91.9 Å². The molecule has 1 atom stereocenters. The summed E-state index contributed by atoms with van der Waals surface area (Å²) in [6, 6.07) is 13.5. The van der Waals surface area contributed by atoms with Gasteiger partial charge < -0.3 is 14.6 Å². The number of piperazine rings is 1. The van der Waals surface area contributed by atoms with Crippen molar-refractivity contribution in [3.05, 3.63) is 77.9 Å². The summed E-state index contributed by atoms with van der Waals surface area (Å²) in [5.41, 5.74) is 2.72. The standard InChI is InChI=1S/C40H49F2N7O5S/c1-40(2,3)54-37(50)26-46-13-10-27(11-14-46)24-47-16-18-48(19-17-47)32-7-4-28(5-8-32)29-20-33-35(23-44-39(33)43-22-29)38(51)34-21-31(6-9-36(34)42)45-55(52,53)49-15-12-30(41)25-49/h4-9,20-23,27,30,45H,10-19,24-26H2,1-3H3,(H,43,44)/t30-/m1/s1. The molecule has 0 unspecified atom stereocenters. The number of anilines is 2. The summed E-state index contributed by atoms with van der Waals surface area (Å²) in [6.07, 6.45) is 4.23. The fourth-order valence-electron chi connectivity index (χ4n) is 7.68. The molecule has 55 heavy (non-hydrogen) atoms. The quantitative estimate of drug-likeness (QED) is 0.150. The van der Waals surface area contributed by atoms with Crippen LogP contribution in [0.2, 0.25) is 0 Å². The third-order valence-electron chi connectivity index (χ3n) is 10.6. The highest BCUT2D eigenvalue weighted by Crippen LogP contribution is 2.30. The number of benzene rings is 2. The topological polar surface area (TPSA) is 131 Å². The molecule has 0 amide bonds. The number of hydrogen-bond acceptors (Lipinski definition) is 9. The summed E-state index contributed by atoms with van der Waals surface area (Å²) in [5, 5.41) is 0.507. The van der Waals surface area contributed by atoms with Crippen LogP contribution in [0.1, 0.15) is 56.0 Å². The third-order valence-corrected chi connectivity index (χ3v) is 12.1. The number of carbonyl (C=O) groups excluding carboxylic acids is 2. The van der Waals surface area contributed by atoms with Gasteiger partial charge in [0.15, 0.2) is 5.78 Å². The van der Waals surface area contributed by atoms with Gasteiger partial charge in [-0.25, -0.2) is 13.8 Å². The van der Waals surface area contributed by atoms with E-state index in [4.69, 9.17) is 4.74 Å². The maximum absolute atomic E-state index is 15.0. The number of carbonyl (C=O) groups is 2. The molecule has 5 heterocycles. The number of piperidine rings is 1. The highest BCUT2D eigenvalue weighted by atomic mass is 32.2. The molecule has 294 valence electrons. The van der Waals surface area contributed by atoms with Crippen LogP contribution in [0.5, 0.6) is 0 Å². The van der Waals surface area contributed by atoms with E-state index in [1.807, 2.05) is 39.0 Å². The summed E-state index contributed by atoms with van der Waals surface area (Å²) in [5.74, 6) is -0.964. The van der Waals surface area contributed by atoms with Crippen molar-refractivity contribution < 1.29 is 31.5 Å². The molecule has 12 nitrogen and oxygen atoms in total. The molecule has 15 heteroatoms. The highest BCUT2D eigenvalue weighted by molar-refractivity contribution is 7.90. The van der Waals surface area contributed by atoms with Gasteiger partial charge in [0, 0.05) is 80.4 Å². The maximum Gasteiger partial charge on any atom is 0.320 e. The molecular formula is C40H49F2N7O5S. The normalized spacial score (nSPS) is 19.6. The fourth-order valence-corrected chi connectivity index (χ4v) is 8.94. The average molecular weight is 778 g/mol. The summed E-state index contributed by atoms with van der Waals surface area (Å²) in [6.45, 7) is 12.6. The number of likely N-dealkylation sites (tertiary alicyclic amines) is 1. The van der Waals surface area contributed by atoms with Gasteiger partial charge in [-0.3, -0.25) is 24.1 Å². The molecule has 3 fully saturated rings. The van der Waals surface area contributed by atoms with Gasteiger partial charge >= 0.3 is 16.2 Å². The summed E-state index contributed by atoms with van der Waals surface area (Å²) < 4.78 is 63.1. The van der Waals surface area contributed by atoms with Crippen LogP contribution in [0, 0.1) is 11.7 Å². The first-order valence-corrected chi connectivity index (χ1v) is 20.4. The molecule has 0 aliphatic carbocycles. The largest absolute Gasteiger partial charge is 0.459 e. The zero-order chi connectivity index (χ0) is 38.9. The van der Waals surface area contributed by atoms with Crippen LogP contribution in [-0.4, -0.2) is 121 Å². The monoisotopic (exact) mass is 777 g/mol. The van der Waals surface area contributed by atoms with Gasteiger partial charge in [0.2, 0.25) is 0 Å². The van der Waals surface area contributed by atoms with Crippen molar-refractivity contribution in [1.82, 2.24) is 24.1 Å². The Bertz CT molecular complexity index is 2120. The number of halogens is 2. The Morgan fingerprint density at radius 1 is 0.909 bits per heavy atom. The number of nitrogens with one attached hydrogen (secondary N) is 2. The number of esters is 1. The van der Waals surface area contributed by atoms with Crippen LogP contribution in [0.25, 0.3) is 22.2 Å². The molecule has 0 saturated carbocycles. The number of ketones is 1. The van der Waals surface area contributed by atoms with E-state index in [1.54, 1.807) is 6.20 Å². The zero-order valence-electron chi connectivity index (χ0n) is 31.6. The van der Waals surface area contributed by atoms with E-state index in [1.165, 1.54) is 12.3 Å². The molecule has 4 aromatic rings. The molecule has 2 aromatic heterocycles. The third kappa shape index (κ3) is 9.34. The molecule has 3 aliphatic rings. The van der Waals surface area contributed by atoms with Crippen molar-refractivity contribution in [3.63, 3.8) is 0 Å². The number of nitrogens with zero attached hydrogens (tertiary/aromatic N) is 5. The minimum absolute atomic E-state index is 0.00118. The van der Waals surface area contributed by atoms with Crippen molar-refractivity contribution >= 4 is 44.4 Å². The number of aromatic amines is 1. The number of hydrogen-bond donors (Lipinski definition) is 2. The Hall–Kier alpha value is -4.44. The summed E-state index contributed by atoms with van der Waals surface area (Å²) in [7, 11) is -4.08. The van der Waals surface area contributed by atoms with Crippen molar-refractivity contribution in [2.24, 2.45) is 5.92 Å². The molecule has 0 spiro atoms. The summed E-state index contributed by atoms with van der Waals surface area (Å²) >= 11 is 0. The number of H-pyrrole nitrogens is 1. The molecule has 0 bridgehead atoms. The van der Waals surface area contributed by atoms with E-state index in [2.05, 4.69) is 41.5 Å². The van der Waals surface area contributed by atoms with Crippen LogP contribution in [0.15, 0.2) is 60.9 Å². The molecule has 3 aliphatic heterocycles. The van der Waals surface area contributed by atoms with Crippen molar-refractivity contribution in [3.8, 4) is 11.1 Å². The molecule has 2 N–H and O–H groups in total. The van der Waals surface area contributed by atoms with Crippen LogP contribution in [0.4, 0.5) is 20.2 Å². The predicted molar refractivity (Wildman–Crippen MR) is 209 cm³/mol. The van der Waals surface area contributed by atoms with Gasteiger partial charge in [-0.15, -0.1) is 0 Å². The number of ether oxygens (including phenoxy) is 1. The number of fused-ring (bicyclic) bond motifs is 1. The Balaban J connectivity index is 0.948. The van der Waals surface area contributed by atoms with Gasteiger partial charge in [0.1, 0.15) is 23.2 Å². The Morgan fingerprint density at radius 2 is 1.64 bits per heavy atom. The van der Waals surface area contributed by atoms with Crippen molar-refractivity contribution in [1.29, 1.82) is 0 Å². The number of pyridine rings is 1. The molecule has 2 aromatic carbocycles. The van der Waals surface area contributed by atoms with Crippen LogP contribution in [0.3, 0.4) is 0 Å². The van der Waals surface area contributed by atoms with Crippen LogP contribution in [-0.2, 0) is 19.7 Å². The second kappa shape index (κ2) is 16.0. The van der Waals surface area contributed by atoms with Gasteiger partial charge in [0.25, 0.3) is 0 Å². The second-order valence-corrected chi connectivity index (χ2v) is 17.5. The lowest BCUT2D eigenvalue weighted by molar-refractivity contribution is -0.156. The van der Waals surface area contributed by atoms with Gasteiger partial charge in [0.05, 0.1) is 17.8 Å². The first-order chi connectivity index (χ1) is 26.2. The number of alkyl halides is 1. The summed E-state index contributed by atoms with van der Waals surface area (Å²) in [4.78, 5) is 40.6. The average Bonchev–Trinajstić information content (AvgIpc) is 3.79. The van der Waals surface area contributed by atoms with Crippen molar-refractivity contribution in [2.45, 2.75) is 51.8 Å². The Labute approximate surface area is 321 Å². The zero-order valence-corrected chi connectivity index (χ0v) is 32.4. The predicted octanol–water partition coefficient (Wildman–Crippen LogP) is 5.48. The SMILES string of the molecule is CC(C)(C)OC(=O)CN1CCC(CN2CCN(c3ccc(-c4cnc5[nH]cc(C(=O)c6cc(NS(=O)(=O)N7CC[C@@H](F)C7)ccc6F)c5c4)cc3)CC2)CC1. The highest BCUT2D eigenvalue weighted by Gasteiger charge is 2.32. The molecule has 7 rings (SSSR count). The first kappa shape index (κ1) is 38.8. The van der Waals surface area contributed by atoms with Crippen LogP contribution < -0.4 is 9.62 Å². The maximum atomic E-state index is 15.0. The van der Waals surface area contributed by atoms with Crippen molar-refractivity contribution in [2.75, 3.05) is 75.1 Å². The Kier molecular flexibility index (Phi) is 11.3. The van der Waals surface area contributed by atoms with Crippen LogP contribution >= 0.6 is 0 Å². The molecule has 3 saturated heterocycles. The lowest BCUT2D eigenvalue weighted by Crippen LogP contribution is -2.49. The fraction of sp³-hybridized carbons (Fsp3) is 0.475. The van der Waals surface area contributed by atoms with E-state index in [9.17, 15) is 22.4 Å². The van der Waals surface area contributed by atoms with E-state index < -0.39 is 33.6 Å². The second-order valence-electron chi connectivity index (χ2n) is 15.8. The lowest BCUT2D eigenvalue weighted by Gasteiger charge is -2.39. The molecular weight excluding hydrogens is 729 g/mol. The minimum Gasteiger partial charge on any atom is -0.459 e. The Morgan fingerprint density at radius 3 is 2.31 bits per heavy atom. The van der Waals surface area contributed by atoms with E-state index in [0.29, 0.717) is 23.5 Å². The van der Waals surface area contributed by atoms with E-state index in [-0.39, 0.29) is 42.3 Å². The smallest absolute Gasteiger partial charge is 0.320 e. The first-order valence-electron chi connectivity index (χ1n) is 19.0. The number of aromatic nitrogens is 2.